The maximum atomic E-state index is 12.9. The minimum Gasteiger partial charge on any atom is -0.361 e. The number of H-pyrrole nitrogens is 1. The van der Waals surface area contributed by atoms with Crippen LogP contribution in [0.1, 0.15) is 48.1 Å². The van der Waals surface area contributed by atoms with Crippen molar-refractivity contribution in [1.82, 2.24) is 24.9 Å². The summed E-state index contributed by atoms with van der Waals surface area (Å²) in [5.41, 5.74) is 5.39. The minimum atomic E-state index is -0.00757. The molecule has 0 atom stereocenters. The third-order valence-electron chi connectivity index (χ3n) is 7.42. The molecule has 0 bridgehead atoms. The molecular weight excluding hydrogens is 460 g/mol. The average Bonchev–Trinajstić information content (AvgIpc) is 3.48. The van der Waals surface area contributed by atoms with Crippen LogP contribution in [0.15, 0.2) is 29.2 Å². The number of hydrogen-bond donors (Lipinski definition) is 2. The second-order valence-electron chi connectivity index (χ2n) is 9.79. The zero-order valence-electron chi connectivity index (χ0n) is 20.0. The van der Waals surface area contributed by atoms with Gasteiger partial charge in [0.1, 0.15) is 0 Å². The number of aryl methyl sites for hydroxylation is 2. The minimum absolute atomic E-state index is 0.00757. The van der Waals surface area contributed by atoms with Crippen molar-refractivity contribution >= 4 is 38.2 Å². The number of carbonyl (C=O) groups is 1. The van der Waals surface area contributed by atoms with E-state index in [0.29, 0.717) is 11.5 Å². The third-order valence-corrected chi connectivity index (χ3v) is 8.39. The number of benzene rings is 1. The van der Waals surface area contributed by atoms with E-state index in [1.807, 2.05) is 6.20 Å². The van der Waals surface area contributed by atoms with Crippen molar-refractivity contribution in [2.75, 3.05) is 24.5 Å². The first kappa shape index (κ1) is 22.3. The van der Waals surface area contributed by atoms with Crippen molar-refractivity contribution in [3.8, 4) is 0 Å². The average molecular weight is 491 g/mol. The highest BCUT2D eigenvalue weighted by atomic mass is 32.1. The fourth-order valence-corrected chi connectivity index (χ4v) is 6.35. The van der Waals surface area contributed by atoms with Gasteiger partial charge in [0, 0.05) is 48.2 Å². The molecular formula is C26H30N6O2S. The van der Waals surface area contributed by atoms with Crippen molar-refractivity contribution in [3.05, 3.63) is 57.1 Å². The lowest BCUT2D eigenvalue weighted by molar-refractivity contribution is -0.125. The van der Waals surface area contributed by atoms with E-state index in [-0.39, 0.29) is 17.4 Å². The molecule has 1 amide bonds. The molecule has 1 fully saturated rings. The Kier molecular flexibility index (Phi) is 5.80. The molecule has 8 nitrogen and oxygen atoms in total. The van der Waals surface area contributed by atoms with Gasteiger partial charge in [-0.3, -0.25) is 9.59 Å². The molecule has 1 aromatic carbocycles. The first-order chi connectivity index (χ1) is 17.1. The van der Waals surface area contributed by atoms with E-state index in [1.165, 1.54) is 32.4 Å². The summed E-state index contributed by atoms with van der Waals surface area (Å²) >= 11 is 1.48. The van der Waals surface area contributed by atoms with E-state index in [2.05, 4.69) is 45.4 Å². The summed E-state index contributed by atoms with van der Waals surface area (Å²) in [5, 5.41) is 9.81. The summed E-state index contributed by atoms with van der Waals surface area (Å²) in [5.74, 6) is 0.148. The smallest absolute Gasteiger partial charge is 0.278 e. The van der Waals surface area contributed by atoms with E-state index in [4.69, 9.17) is 4.98 Å². The molecule has 6 rings (SSSR count). The predicted octanol–water partition coefficient (Wildman–Crippen LogP) is 3.39. The number of anilines is 1. The van der Waals surface area contributed by atoms with E-state index in [1.54, 1.807) is 0 Å². The Bertz CT molecular complexity index is 1460. The van der Waals surface area contributed by atoms with Crippen LogP contribution in [0, 0.1) is 12.8 Å². The van der Waals surface area contributed by atoms with E-state index in [0.717, 1.165) is 79.9 Å². The van der Waals surface area contributed by atoms with Crippen LogP contribution < -0.4 is 15.8 Å². The number of hydrogen-bond acceptors (Lipinski definition) is 6. The highest BCUT2D eigenvalue weighted by molar-refractivity contribution is 7.20. The number of nitrogens with zero attached hydrogens (tertiary/aromatic N) is 4. The van der Waals surface area contributed by atoms with Crippen LogP contribution in [0.2, 0.25) is 0 Å². The molecule has 4 heterocycles. The molecule has 1 aliphatic heterocycles. The maximum Gasteiger partial charge on any atom is 0.278 e. The molecule has 0 spiro atoms. The summed E-state index contributed by atoms with van der Waals surface area (Å²) in [6.45, 7) is 4.25. The van der Waals surface area contributed by atoms with Gasteiger partial charge in [-0.15, -0.1) is 5.10 Å². The summed E-state index contributed by atoms with van der Waals surface area (Å²) in [6, 6.07) is 6.40. The van der Waals surface area contributed by atoms with Crippen LogP contribution in [0.25, 0.3) is 15.9 Å². The van der Waals surface area contributed by atoms with Gasteiger partial charge in [0.05, 0.1) is 5.69 Å². The van der Waals surface area contributed by atoms with Gasteiger partial charge in [0.2, 0.25) is 16.0 Å². The number of amides is 1. The van der Waals surface area contributed by atoms with Gasteiger partial charge in [-0.2, -0.15) is 4.52 Å². The van der Waals surface area contributed by atoms with E-state index >= 15 is 0 Å². The Balaban J connectivity index is 1.06. The highest BCUT2D eigenvalue weighted by Gasteiger charge is 2.27. The Hall–Kier alpha value is -3.20. The van der Waals surface area contributed by atoms with Crippen molar-refractivity contribution < 1.29 is 4.79 Å². The quantitative estimate of drug-likeness (QED) is 0.447. The lowest BCUT2D eigenvalue weighted by Crippen LogP contribution is -2.41. The number of aromatic amines is 1. The number of nitrogens with one attached hydrogen (secondary N) is 2. The summed E-state index contributed by atoms with van der Waals surface area (Å²) in [6.07, 6.45) is 8.25. The third kappa shape index (κ3) is 4.22. The van der Waals surface area contributed by atoms with Gasteiger partial charge in [0.25, 0.3) is 5.56 Å². The number of fused-ring (bicyclic) bond motifs is 3. The highest BCUT2D eigenvalue weighted by Crippen LogP contribution is 2.28. The molecule has 2 aliphatic rings. The molecule has 1 aliphatic carbocycles. The zero-order valence-corrected chi connectivity index (χ0v) is 20.8. The molecule has 4 aromatic rings. The van der Waals surface area contributed by atoms with Crippen LogP contribution >= 0.6 is 11.3 Å². The topological polar surface area (TPSA) is 95.4 Å². The first-order valence-electron chi connectivity index (χ1n) is 12.6. The summed E-state index contributed by atoms with van der Waals surface area (Å²) in [7, 11) is 0. The van der Waals surface area contributed by atoms with E-state index in [9.17, 15) is 9.59 Å². The van der Waals surface area contributed by atoms with Gasteiger partial charge in [-0.25, -0.2) is 4.98 Å². The second kappa shape index (κ2) is 9.11. The van der Waals surface area contributed by atoms with E-state index < -0.39 is 0 Å². The van der Waals surface area contributed by atoms with Crippen LogP contribution in [0.5, 0.6) is 0 Å². The molecule has 182 valence electrons. The second-order valence-corrected chi connectivity index (χ2v) is 10.7. The van der Waals surface area contributed by atoms with Crippen molar-refractivity contribution in [2.45, 2.75) is 51.9 Å². The van der Waals surface area contributed by atoms with Gasteiger partial charge in [-0.1, -0.05) is 23.0 Å². The van der Waals surface area contributed by atoms with Gasteiger partial charge < -0.3 is 15.2 Å². The van der Waals surface area contributed by atoms with Crippen molar-refractivity contribution in [3.63, 3.8) is 0 Å². The Labute approximate surface area is 207 Å². The predicted molar refractivity (Wildman–Crippen MR) is 138 cm³/mol. The molecule has 3 aromatic heterocycles. The van der Waals surface area contributed by atoms with Crippen molar-refractivity contribution in [2.24, 2.45) is 5.92 Å². The van der Waals surface area contributed by atoms with Crippen molar-refractivity contribution in [1.29, 1.82) is 0 Å². The molecule has 9 heteroatoms. The molecule has 0 saturated carbocycles. The van der Waals surface area contributed by atoms with Gasteiger partial charge in [0.15, 0.2) is 0 Å². The van der Waals surface area contributed by atoms with Crippen LogP contribution in [-0.2, 0) is 24.1 Å². The molecule has 0 unspecified atom stereocenters. The Morgan fingerprint density at radius 1 is 1.23 bits per heavy atom. The first-order valence-corrected chi connectivity index (χ1v) is 13.4. The Morgan fingerprint density at radius 2 is 2.06 bits per heavy atom. The maximum absolute atomic E-state index is 12.9. The zero-order chi connectivity index (χ0) is 23.9. The van der Waals surface area contributed by atoms with Gasteiger partial charge in [-0.05, 0) is 69.6 Å². The van der Waals surface area contributed by atoms with Crippen LogP contribution in [0.3, 0.4) is 0 Å². The molecule has 2 N–H and O–H groups in total. The summed E-state index contributed by atoms with van der Waals surface area (Å²) in [4.78, 5) is 36.6. The fraction of sp³-hybridized carbons (Fsp3) is 0.462. The standard InChI is InChI=1S/C26H30N6O2S/c1-16-6-7-21-20(14-16)18(15-28-21)8-11-27-23(33)17-9-12-31(13-10-17)26-30-32-24(34)19-4-2-3-5-22(19)29-25(32)35-26/h6-7,14-15,17,28H,2-5,8-13H2,1H3,(H,27,33). The number of aromatic nitrogens is 4. The monoisotopic (exact) mass is 490 g/mol. The number of carbonyl (C=O) groups excluding carboxylic acids is 1. The summed E-state index contributed by atoms with van der Waals surface area (Å²) < 4.78 is 1.48. The SMILES string of the molecule is Cc1ccc2[nH]cc(CCNC(=O)C3CCN(c4nn5c(=O)c6c(nc5s4)CCCC6)CC3)c2c1. The largest absolute Gasteiger partial charge is 0.361 e. The lowest BCUT2D eigenvalue weighted by Gasteiger charge is -2.30. The molecule has 0 radical (unpaired) electrons. The molecule has 35 heavy (non-hydrogen) atoms. The Morgan fingerprint density at radius 3 is 2.91 bits per heavy atom. The number of rotatable bonds is 5. The van der Waals surface area contributed by atoms with Crippen LogP contribution in [-0.4, -0.2) is 45.1 Å². The lowest BCUT2D eigenvalue weighted by atomic mass is 9.96. The van der Waals surface area contributed by atoms with Crippen LogP contribution in [0.4, 0.5) is 5.13 Å². The number of piperidine rings is 1. The normalized spacial score (nSPS) is 16.7. The molecule has 1 saturated heterocycles. The van der Waals surface area contributed by atoms with Gasteiger partial charge >= 0.3 is 0 Å². The fourth-order valence-electron chi connectivity index (χ4n) is 5.39.